The third kappa shape index (κ3) is 3.34. The average molecular weight is 395 g/mol. The number of nitrogens with zero attached hydrogens (tertiary/aromatic N) is 4. The molecule has 0 atom stereocenters. The first-order valence-corrected chi connectivity index (χ1v) is 9.19. The van der Waals surface area contributed by atoms with E-state index in [4.69, 9.17) is 33.2 Å². The van der Waals surface area contributed by atoms with Gasteiger partial charge >= 0.3 is 0 Å². The number of imidazole rings is 1. The lowest BCUT2D eigenvalue weighted by Crippen LogP contribution is -2.02. The van der Waals surface area contributed by atoms with Crippen molar-refractivity contribution < 1.29 is 0 Å². The van der Waals surface area contributed by atoms with Crippen molar-refractivity contribution in [2.75, 3.05) is 0 Å². The smallest absolute Gasteiger partial charge is 0.159 e. The van der Waals surface area contributed by atoms with Gasteiger partial charge in [-0.15, -0.1) is 0 Å². The van der Waals surface area contributed by atoms with Crippen molar-refractivity contribution in [3.8, 4) is 11.5 Å². The molecule has 2 heterocycles. The van der Waals surface area contributed by atoms with Crippen LogP contribution in [0, 0.1) is 0 Å². The van der Waals surface area contributed by atoms with Crippen LogP contribution in [0.1, 0.15) is 12.6 Å². The highest BCUT2D eigenvalue weighted by molar-refractivity contribution is 6.39. The van der Waals surface area contributed by atoms with E-state index < -0.39 is 0 Å². The first kappa shape index (κ1) is 17.7. The van der Waals surface area contributed by atoms with Gasteiger partial charge in [0, 0.05) is 7.05 Å². The molecule has 4 rings (SSSR count). The monoisotopic (exact) mass is 394 g/mol. The molecule has 0 N–H and O–H groups in total. The van der Waals surface area contributed by atoms with Gasteiger partial charge < -0.3 is 4.57 Å². The van der Waals surface area contributed by atoms with Gasteiger partial charge in [0.25, 0.3) is 0 Å². The standard InChI is InChI=1S/C21H16Cl2N4/c1-13(24-20-14(22)7-5-8-15(20)23)16-10-6-11-18(25-16)21-26-17-9-3-4-12-19(17)27(21)2/h3-12H,1-2H3. The van der Waals surface area contributed by atoms with Crippen LogP contribution in [-0.4, -0.2) is 20.2 Å². The molecule has 0 saturated heterocycles. The van der Waals surface area contributed by atoms with Crippen molar-refractivity contribution in [2.24, 2.45) is 12.0 Å². The number of aryl methyl sites for hydroxylation is 1. The zero-order chi connectivity index (χ0) is 19.0. The van der Waals surface area contributed by atoms with Gasteiger partial charge in [-0.05, 0) is 43.3 Å². The number of fused-ring (bicyclic) bond motifs is 1. The van der Waals surface area contributed by atoms with E-state index >= 15 is 0 Å². The van der Waals surface area contributed by atoms with E-state index in [2.05, 4.69) is 4.99 Å². The van der Waals surface area contributed by atoms with Gasteiger partial charge in [0.2, 0.25) is 0 Å². The highest BCUT2D eigenvalue weighted by Crippen LogP contribution is 2.33. The van der Waals surface area contributed by atoms with Crippen LogP contribution in [0.4, 0.5) is 5.69 Å². The van der Waals surface area contributed by atoms with Crippen LogP contribution in [0.3, 0.4) is 0 Å². The number of hydrogen-bond donors (Lipinski definition) is 0. The molecular weight excluding hydrogens is 379 g/mol. The largest absolute Gasteiger partial charge is 0.326 e. The Morgan fingerprint density at radius 1 is 0.889 bits per heavy atom. The van der Waals surface area contributed by atoms with E-state index in [9.17, 15) is 0 Å². The summed E-state index contributed by atoms with van der Waals surface area (Å²) in [4.78, 5) is 14.1. The molecule has 0 saturated carbocycles. The summed E-state index contributed by atoms with van der Waals surface area (Å²) < 4.78 is 2.04. The maximum absolute atomic E-state index is 6.23. The first-order chi connectivity index (χ1) is 13.0. The molecule has 0 aliphatic heterocycles. The first-order valence-electron chi connectivity index (χ1n) is 8.43. The third-order valence-electron chi connectivity index (χ3n) is 4.35. The van der Waals surface area contributed by atoms with Gasteiger partial charge in [0.1, 0.15) is 11.4 Å². The van der Waals surface area contributed by atoms with Gasteiger partial charge in [0.15, 0.2) is 5.82 Å². The number of hydrogen-bond acceptors (Lipinski definition) is 3. The van der Waals surface area contributed by atoms with E-state index in [-0.39, 0.29) is 0 Å². The van der Waals surface area contributed by atoms with E-state index in [0.29, 0.717) is 15.7 Å². The normalized spacial score (nSPS) is 11.9. The van der Waals surface area contributed by atoms with E-state index in [1.54, 1.807) is 18.2 Å². The van der Waals surface area contributed by atoms with Crippen LogP contribution in [-0.2, 0) is 7.05 Å². The summed E-state index contributed by atoms with van der Waals surface area (Å²) in [5.41, 5.74) is 4.81. The summed E-state index contributed by atoms with van der Waals surface area (Å²) in [5, 5.41) is 1.02. The van der Waals surface area contributed by atoms with Crippen LogP contribution < -0.4 is 0 Å². The Balaban J connectivity index is 1.78. The molecule has 0 unspecified atom stereocenters. The summed E-state index contributed by atoms with van der Waals surface area (Å²) in [6.45, 7) is 1.89. The van der Waals surface area contributed by atoms with Crippen LogP contribution >= 0.6 is 23.2 Å². The summed E-state index contributed by atoms with van der Waals surface area (Å²) in [5.74, 6) is 0.807. The predicted octanol–water partition coefficient (Wildman–Crippen LogP) is 6.08. The van der Waals surface area contributed by atoms with Crippen LogP contribution in [0.2, 0.25) is 10.0 Å². The number of pyridine rings is 1. The van der Waals surface area contributed by atoms with E-state index in [1.165, 1.54) is 0 Å². The maximum atomic E-state index is 6.23. The molecule has 0 spiro atoms. The molecule has 0 radical (unpaired) electrons. The lowest BCUT2D eigenvalue weighted by Gasteiger charge is -2.06. The second-order valence-corrected chi connectivity index (χ2v) is 6.97. The molecule has 2 aromatic heterocycles. The van der Waals surface area contributed by atoms with E-state index in [1.807, 2.05) is 61.0 Å². The Bertz CT molecular complexity index is 1160. The number of halogens is 2. The Morgan fingerprint density at radius 2 is 1.59 bits per heavy atom. The Labute approximate surface area is 167 Å². The van der Waals surface area contributed by atoms with Crippen molar-refractivity contribution in [3.63, 3.8) is 0 Å². The molecule has 0 amide bonds. The summed E-state index contributed by atoms with van der Waals surface area (Å²) in [6, 6.07) is 19.2. The lowest BCUT2D eigenvalue weighted by molar-refractivity contribution is 0.949. The molecule has 0 fully saturated rings. The quantitative estimate of drug-likeness (QED) is 0.395. The zero-order valence-corrected chi connectivity index (χ0v) is 16.3. The third-order valence-corrected chi connectivity index (χ3v) is 4.96. The highest BCUT2D eigenvalue weighted by Gasteiger charge is 2.12. The average Bonchev–Trinajstić information content (AvgIpc) is 3.02. The fourth-order valence-corrected chi connectivity index (χ4v) is 3.44. The number of aromatic nitrogens is 3. The molecule has 0 aliphatic carbocycles. The van der Waals surface area contributed by atoms with Crippen molar-refractivity contribution in [1.82, 2.24) is 14.5 Å². The van der Waals surface area contributed by atoms with Crippen LogP contribution in [0.25, 0.3) is 22.6 Å². The molecule has 4 aromatic rings. The number of para-hydroxylation sites is 3. The minimum absolute atomic E-state index is 0.508. The Morgan fingerprint density at radius 3 is 2.33 bits per heavy atom. The Kier molecular flexibility index (Phi) is 4.68. The zero-order valence-electron chi connectivity index (χ0n) is 14.8. The SMILES string of the molecule is CC(=Nc1c(Cl)cccc1Cl)c1cccc(-c2nc3ccccc3n2C)n1. The van der Waals surface area contributed by atoms with Crippen molar-refractivity contribution in [1.29, 1.82) is 0 Å². The van der Waals surface area contributed by atoms with Crippen molar-refractivity contribution >= 4 is 45.6 Å². The second-order valence-electron chi connectivity index (χ2n) is 6.16. The molecule has 134 valence electrons. The molecule has 2 aromatic carbocycles. The van der Waals surface area contributed by atoms with E-state index in [0.717, 1.165) is 34.0 Å². The number of aliphatic imine (C=N–C) groups is 1. The fourth-order valence-electron chi connectivity index (χ4n) is 2.96. The molecule has 0 bridgehead atoms. The van der Waals surface area contributed by atoms with Gasteiger partial charge in [0.05, 0.1) is 32.5 Å². The van der Waals surface area contributed by atoms with Crippen molar-refractivity contribution in [3.05, 3.63) is 76.4 Å². The predicted molar refractivity (Wildman–Crippen MR) is 112 cm³/mol. The maximum Gasteiger partial charge on any atom is 0.159 e. The minimum Gasteiger partial charge on any atom is -0.326 e. The van der Waals surface area contributed by atoms with Gasteiger partial charge in [-0.1, -0.05) is 47.5 Å². The number of rotatable bonds is 3. The minimum atomic E-state index is 0.508. The lowest BCUT2D eigenvalue weighted by atomic mass is 10.2. The molecule has 4 nitrogen and oxygen atoms in total. The molecule has 27 heavy (non-hydrogen) atoms. The van der Waals surface area contributed by atoms with Gasteiger partial charge in [-0.2, -0.15) is 0 Å². The number of benzene rings is 2. The van der Waals surface area contributed by atoms with Gasteiger partial charge in [-0.25, -0.2) is 15.0 Å². The van der Waals surface area contributed by atoms with Gasteiger partial charge in [-0.3, -0.25) is 0 Å². The Hall–Kier alpha value is -2.69. The van der Waals surface area contributed by atoms with Crippen LogP contribution in [0.5, 0.6) is 0 Å². The highest BCUT2D eigenvalue weighted by atomic mass is 35.5. The van der Waals surface area contributed by atoms with Crippen LogP contribution in [0.15, 0.2) is 65.7 Å². The summed E-state index contributed by atoms with van der Waals surface area (Å²) >= 11 is 12.5. The van der Waals surface area contributed by atoms with Crippen molar-refractivity contribution in [2.45, 2.75) is 6.92 Å². The second kappa shape index (κ2) is 7.14. The molecule has 6 heteroatoms. The fraction of sp³-hybridized carbons (Fsp3) is 0.0952. The summed E-state index contributed by atoms with van der Waals surface area (Å²) in [6.07, 6.45) is 0. The summed E-state index contributed by atoms with van der Waals surface area (Å²) in [7, 11) is 1.99. The molecular formula is C21H16Cl2N4. The molecule has 0 aliphatic rings. The topological polar surface area (TPSA) is 43.1 Å².